The standard InChI is InChI=1S/C38H49N3O10/c1-5-6-10-21-39-35(43)32(22-27-15-19-30(20-16-27)50-31(24-48-46)25-49-47)40-36(44)33(41-37(45)51-38(2,3)4)23-26-13-17-29(18-14-26)34(42)28-11-8-7-9-12-28/h7-9,11-20,31-33,46-47H,5-6,10,21-25H2,1-4H3,(H,39,43)(H,40,44)(H,41,45). The first kappa shape index (κ1) is 40.6. The highest BCUT2D eigenvalue weighted by Gasteiger charge is 2.29. The molecule has 51 heavy (non-hydrogen) atoms. The first-order valence-corrected chi connectivity index (χ1v) is 17.0. The summed E-state index contributed by atoms with van der Waals surface area (Å²) in [5, 5.41) is 25.9. The summed E-state index contributed by atoms with van der Waals surface area (Å²) >= 11 is 0. The summed E-state index contributed by atoms with van der Waals surface area (Å²) in [7, 11) is 0. The van der Waals surface area contributed by atoms with Crippen LogP contribution in [0.3, 0.4) is 0 Å². The highest BCUT2D eigenvalue weighted by molar-refractivity contribution is 6.09. The molecule has 0 fully saturated rings. The maximum Gasteiger partial charge on any atom is 0.408 e. The molecule has 0 spiro atoms. The van der Waals surface area contributed by atoms with Crippen LogP contribution >= 0.6 is 0 Å². The van der Waals surface area contributed by atoms with Crippen LogP contribution in [0.15, 0.2) is 78.9 Å². The van der Waals surface area contributed by atoms with Gasteiger partial charge in [-0.05, 0) is 50.5 Å². The Morgan fingerprint density at radius 1 is 0.706 bits per heavy atom. The van der Waals surface area contributed by atoms with Gasteiger partial charge >= 0.3 is 6.09 Å². The summed E-state index contributed by atoms with van der Waals surface area (Å²) in [6.45, 7) is 7.12. The van der Waals surface area contributed by atoms with Crippen LogP contribution < -0.4 is 20.7 Å². The van der Waals surface area contributed by atoms with Crippen molar-refractivity contribution in [3.63, 3.8) is 0 Å². The van der Waals surface area contributed by atoms with Crippen molar-refractivity contribution in [3.8, 4) is 5.75 Å². The zero-order valence-electron chi connectivity index (χ0n) is 29.6. The quantitative estimate of drug-likeness (QED) is 0.0458. The average Bonchev–Trinajstić information content (AvgIpc) is 3.10. The molecule has 3 amide bonds. The maximum absolute atomic E-state index is 13.9. The van der Waals surface area contributed by atoms with Gasteiger partial charge in [0.2, 0.25) is 11.8 Å². The van der Waals surface area contributed by atoms with Crippen LogP contribution in [0.5, 0.6) is 5.75 Å². The van der Waals surface area contributed by atoms with E-state index in [9.17, 15) is 19.2 Å². The lowest BCUT2D eigenvalue weighted by Crippen LogP contribution is -2.55. The third-order valence-corrected chi connectivity index (χ3v) is 7.60. The van der Waals surface area contributed by atoms with E-state index in [2.05, 4.69) is 32.6 Å². The Hall–Kier alpha value is -4.82. The molecule has 2 unspecified atom stereocenters. The van der Waals surface area contributed by atoms with Crippen molar-refractivity contribution < 1.29 is 48.9 Å². The van der Waals surface area contributed by atoms with Gasteiger partial charge in [0, 0.05) is 30.5 Å². The molecule has 0 aromatic heterocycles. The average molecular weight is 708 g/mol. The number of amides is 3. The van der Waals surface area contributed by atoms with E-state index < -0.39 is 35.8 Å². The fourth-order valence-corrected chi connectivity index (χ4v) is 5.05. The highest BCUT2D eigenvalue weighted by Crippen LogP contribution is 2.17. The minimum Gasteiger partial charge on any atom is -0.485 e. The van der Waals surface area contributed by atoms with Gasteiger partial charge in [-0.2, -0.15) is 0 Å². The van der Waals surface area contributed by atoms with E-state index in [1.54, 1.807) is 93.6 Å². The Bertz CT molecular complexity index is 1520. The molecule has 13 heteroatoms. The van der Waals surface area contributed by atoms with Gasteiger partial charge in [0.05, 0.1) is 0 Å². The van der Waals surface area contributed by atoms with E-state index in [0.717, 1.165) is 19.3 Å². The van der Waals surface area contributed by atoms with E-state index in [0.29, 0.717) is 34.5 Å². The molecule has 0 aliphatic carbocycles. The fraction of sp³-hybridized carbons (Fsp3) is 0.421. The molecule has 3 aromatic carbocycles. The van der Waals surface area contributed by atoms with Gasteiger partial charge in [0.15, 0.2) is 11.9 Å². The molecule has 0 saturated heterocycles. The molecule has 5 N–H and O–H groups in total. The van der Waals surface area contributed by atoms with Crippen LogP contribution in [0.4, 0.5) is 4.79 Å². The number of hydrogen-bond donors (Lipinski definition) is 5. The monoisotopic (exact) mass is 707 g/mol. The molecular formula is C38H49N3O10. The molecule has 0 aliphatic heterocycles. The predicted molar refractivity (Wildman–Crippen MR) is 189 cm³/mol. The molecule has 276 valence electrons. The largest absolute Gasteiger partial charge is 0.485 e. The van der Waals surface area contributed by atoms with Crippen molar-refractivity contribution >= 4 is 23.7 Å². The normalized spacial score (nSPS) is 12.5. The summed E-state index contributed by atoms with van der Waals surface area (Å²) in [4.78, 5) is 61.3. The Balaban J connectivity index is 1.82. The number of nitrogens with one attached hydrogen (secondary N) is 3. The van der Waals surface area contributed by atoms with Gasteiger partial charge in [-0.1, -0.05) is 86.5 Å². The van der Waals surface area contributed by atoms with Crippen LogP contribution in [-0.4, -0.2) is 77.8 Å². The van der Waals surface area contributed by atoms with Gasteiger partial charge in [0.25, 0.3) is 0 Å². The number of alkyl carbamates (subject to hydrolysis) is 1. The summed E-state index contributed by atoms with van der Waals surface area (Å²) in [5.41, 5.74) is 1.56. The number of carbonyl (C=O) groups excluding carboxylic acids is 4. The number of rotatable bonds is 20. The van der Waals surface area contributed by atoms with Gasteiger partial charge < -0.3 is 25.4 Å². The Kier molecular flexibility index (Phi) is 16.5. The number of benzene rings is 3. The Morgan fingerprint density at radius 3 is 1.80 bits per heavy atom. The van der Waals surface area contributed by atoms with Crippen molar-refractivity contribution in [2.45, 2.75) is 83.6 Å². The minimum atomic E-state index is -1.12. The number of ketones is 1. The summed E-state index contributed by atoms with van der Waals surface area (Å²) in [6.07, 6.45) is 1.26. The molecule has 0 heterocycles. The second-order valence-electron chi connectivity index (χ2n) is 13.0. The van der Waals surface area contributed by atoms with Crippen LogP contribution in [0.25, 0.3) is 0 Å². The van der Waals surface area contributed by atoms with Crippen LogP contribution in [0.1, 0.15) is 74.0 Å². The molecule has 13 nitrogen and oxygen atoms in total. The third-order valence-electron chi connectivity index (χ3n) is 7.60. The number of unbranched alkanes of at least 4 members (excludes halogenated alkanes) is 2. The third kappa shape index (κ3) is 14.5. The number of carbonyl (C=O) groups is 4. The van der Waals surface area contributed by atoms with E-state index in [4.69, 9.17) is 20.0 Å². The van der Waals surface area contributed by atoms with Gasteiger partial charge in [-0.3, -0.25) is 24.9 Å². The van der Waals surface area contributed by atoms with Gasteiger partial charge in [-0.15, -0.1) is 0 Å². The summed E-state index contributed by atoms with van der Waals surface area (Å²) in [5.74, 6) is -0.746. The molecule has 3 aromatic rings. The second-order valence-corrected chi connectivity index (χ2v) is 13.0. The second kappa shape index (κ2) is 20.8. The first-order chi connectivity index (χ1) is 24.4. The molecular weight excluding hydrogens is 658 g/mol. The zero-order chi connectivity index (χ0) is 37.2. The van der Waals surface area contributed by atoms with Crippen molar-refractivity contribution in [2.24, 2.45) is 0 Å². The number of ether oxygens (including phenoxy) is 2. The fourth-order valence-electron chi connectivity index (χ4n) is 5.05. The molecule has 2 atom stereocenters. The lowest BCUT2D eigenvalue weighted by Gasteiger charge is -2.25. The zero-order valence-corrected chi connectivity index (χ0v) is 29.6. The summed E-state index contributed by atoms with van der Waals surface area (Å²) in [6, 6.07) is 20.2. The van der Waals surface area contributed by atoms with Gasteiger partial charge in [0.1, 0.15) is 36.6 Å². The van der Waals surface area contributed by atoms with Gasteiger partial charge in [-0.25, -0.2) is 14.6 Å². The van der Waals surface area contributed by atoms with Crippen LogP contribution in [-0.2, 0) is 36.9 Å². The molecule has 0 bridgehead atoms. The SMILES string of the molecule is CCCCCNC(=O)C(Cc1ccc(OC(COO)COO)cc1)NC(=O)C(Cc1ccc(C(=O)c2ccccc2)cc1)NC(=O)OC(C)(C)C. The van der Waals surface area contributed by atoms with E-state index in [1.807, 2.05) is 6.07 Å². The minimum absolute atomic E-state index is 0.0536. The lowest BCUT2D eigenvalue weighted by atomic mass is 9.99. The predicted octanol–water partition coefficient (Wildman–Crippen LogP) is 5.11. The maximum atomic E-state index is 13.9. The van der Waals surface area contributed by atoms with Crippen molar-refractivity contribution in [3.05, 3.63) is 101 Å². The van der Waals surface area contributed by atoms with Crippen molar-refractivity contribution in [2.75, 3.05) is 19.8 Å². The summed E-state index contributed by atoms with van der Waals surface area (Å²) < 4.78 is 11.1. The van der Waals surface area contributed by atoms with Crippen LogP contribution in [0.2, 0.25) is 0 Å². The Labute approximate surface area is 298 Å². The smallest absolute Gasteiger partial charge is 0.408 e. The number of hydrogen-bond acceptors (Lipinski definition) is 10. The first-order valence-electron chi connectivity index (χ1n) is 17.0. The van der Waals surface area contributed by atoms with E-state index in [-0.39, 0.29) is 37.7 Å². The molecule has 0 aliphatic rings. The van der Waals surface area contributed by atoms with E-state index in [1.165, 1.54) is 0 Å². The molecule has 0 saturated carbocycles. The van der Waals surface area contributed by atoms with Crippen LogP contribution in [0, 0.1) is 0 Å². The lowest BCUT2D eigenvalue weighted by molar-refractivity contribution is -0.286. The van der Waals surface area contributed by atoms with E-state index >= 15 is 0 Å². The van der Waals surface area contributed by atoms with Crippen molar-refractivity contribution in [1.29, 1.82) is 0 Å². The molecule has 3 rings (SSSR count). The highest BCUT2D eigenvalue weighted by atomic mass is 17.1. The molecule has 0 radical (unpaired) electrons. The van der Waals surface area contributed by atoms with Crippen molar-refractivity contribution in [1.82, 2.24) is 16.0 Å². The topological polar surface area (TPSA) is 182 Å². The Morgan fingerprint density at radius 2 is 1.25 bits per heavy atom.